The molecular formula is C29H63KN2O4. The Labute approximate surface area is 268 Å². The fourth-order valence-electron chi connectivity index (χ4n) is 5.02. The summed E-state index contributed by atoms with van der Waals surface area (Å²) in [6.07, 6.45) is 8.06. The Morgan fingerprint density at radius 1 is 1.00 bits per heavy atom. The van der Waals surface area contributed by atoms with Crippen LogP contribution in [-0.4, -0.2) is 87.0 Å². The van der Waals surface area contributed by atoms with Gasteiger partial charge in [0, 0.05) is 13.2 Å². The second-order valence-electron chi connectivity index (χ2n) is 10.1. The SMILES string of the molecule is CC.CCC(CCCOCCO)C(C)(C)C1CCC(OCC(O)CN(C)CC)CC1.CC[N-]CC.[K+]. The maximum absolute atomic E-state index is 10.1. The predicted octanol–water partition coefficient (Wildman–Crippen LogP) is 3.15. The largest absolute Gasteiger partial charge is 1.00 e. The summed E-state index contributed by atoms with van der Waals surface area (Å²) < 4.78 is 11.5. The van der Waals surface area contributed by atoms with Crippen molar-refractivity contribution in [3.8, 4) is 0 Å². The Hall–Kier alpha value is 1.40. The van der Waals surface area contributed by atoms with Crippen LogP contribution in [0.4, 0.5) is 0 Å². The van der Waals surface area contributed by atoms with E-state index in [-0.39, 0.29) is 58.0 Å². The number of hydrogen-bond acceptors (Lipinski definition) is 5. The molecule has 214 valence electrons. The second-order valence-corrected chi connectivity index (χ2v) is 10.1. The van der Waals surface area contributed by atoms with Crippen molar-refractivity contribution >= 4 is 0 Å². The van der Waals surface area contributed by atoms with Crippen LogP contribution in [0.2, 0.25) is 0 Å². The van der Waals surface area contributed by atoms with Gasteiger partial charge in [0.2, 0.25) is 0 Å². The molecule has 1 saturated carbocycles. The summed E-state index contributed by atoms with van der Waals surface area (Å²) in [5, 5.41) is 22.9. The third-order valence-electron chi connectivity index (χ3n) is 7.38. The number of rotatable bonds is 17. The summed E-state index contributed by atoms with van der Waals surface area (Å²) in [6.45, 7) is 22.7. The van der Waals surface area contributed by atoms with Crippen LogP contribution in [-0.2, 0) is 9.47 Å². The van der Waals surface area contributed by atoms with Gasteiger partial charge in [0.1, 0.15) is 0 Å². The van der Waals surface area contributed by atoms with Crippen LogP contribution in [0.3, 0.4) is 0 Å². The van der Waals surface area contributed by atoms with E-state index in [9.17, 15) is 5.11 Å². The minimum atomic E-state index is -0.392. The summed E-state index contributed by atoms with van der Waals surface area (Å²) in [7, 11) is 2.03. The summed E-state index contributed by atoms with van der Waals surface area (Å²) in [4.78, 5) is 2.12. The van der Waals surface area contributed by atoms with Crippen LogP contribution in [0.25, 0.3) is 5.32 Å². The van der Waals surface area contributed by atoms with Gasteiger partial charge < -0.3 is 29.9 Å². The molecule has 2 N–H and O–H groups in total. The minimum absolute atomic E-state index is 0. The van der Waals surface area contributed by atoms with Crippen LogP contribution in [0.1, 0.15) is 100 Å². The number of aliphatic hydroxyl groups excluding tert-OH is 2. The molecule has 0 aromatic heterocycles. The maximum Gasteiger partial charge on any atom is 1.00 e. The molecule has 0 aliphatic heterocycles. The average molecular weight is 543 g/mol. The number of likely N-dealkylation sites (N-methyl/N-ethyl adjacent to an activating group) is 1. The van der Waals surface area contributed by atoms with E-state index in [2.05, 4.69) is 37.9 Å². The van der Waals surface area contributed by atoms with Gasteiger partial charge in [-0.05, 0) is 69.4 Å². The molecule has 7 heteroatoms. The third kappa shape index (κ3) is 20.3. The molecule has 1 aliphatic carbocycles. The van der Waals surface area contributed by atoms with Crippen LogP contribution < -0.4 is 51.4 Å². The molecule has 1 fully saturated rings. The second kappa shape index (κ2) is 27.9. The molecule has 36 heavy (non-hydrogen) atoms. The fraction of sp³-hybridized carbons (Fsp3) is 1.00. The minimum Gasteiger partial charge on any atom is -0.663 e. The van der Waals surface area contributed by atoms with Gasteiger partial charge >= 0.3 is 51.4 Å². The number of hydrogen-bond donors (Lipinski definition) is 2. The van der Waals surface area contributed by atoms with E-state index in [1.807, 2.05) is 34.7 Å². The van der Waals surface area contributed by atoms with Gasteiger partial charge in [-0.15, -0.1) is 0 Å². The summed E-state index contributed by atoms with van der Waals surface area (Å²) in [6, 6.07) is 0. The third-order valence-corrected chi connectivity index (χ3v) is 7.38. The van der Waals surface area contributed by atoms with Crippen molar-refractivity contribution in [1.29, 1.82) is 0 Å². The van der Waals surface area contributed by atoms with E-state index in [0.29, 0.717) is 37.2 Å². The molecule has 0 bridgehead atoms. The summed E-state index contributed by atoms with van der Waals surface area (Å²) in [5.41, 5.74) is 0.333. The van der Waals surface area contributed by atoms with E-state index in [1.165, 1.54) is 25.7 Å². The molecule has 0 saturated heterocycles. The molecule has 2 unspecified atom stereocenters. The summed E-state index contributed by atoms with van der Waals surface area (Å²) >= 11 is 0. The molecule has 0 amide bonds. The van der Waals surface area contributed by atoms with Crippen molar-refractivity contribution in [3.63, 3.8) is 0 Å². The number of aliphatic hydroxyl groups is 2. The van der Waals surface area contributed by atoms with E-state index in [0.717, 1.165) is 51.4 Å². The molecule has 6 nitrogen and oxygen atoms in total. The first-order valence-electron chi connectivity index (χ1n) is 14.6. The topological polar surface area (TPSA) is 76.3 Å². The Morgan fingerprint density at radius 3 is 2.03 bits per heavy atom. The van der Waals surface area contributed by atoms with Crippen molar-refractivity contribution in [2.75, 3.05) is 59.7 Å². The van der Waals surface area contributed by atoms with Crippen LogP contribution in [0.15, 0.2) is 0 Å². The number of ether oxygens (including phenoxy) is 2. The van der Waals surface area contributed by atoms with Gasteiger partial charge in [-0.3, -0.25) is 0 Å². The van der Waals surface area contributed by atoms with Gasteiger partial charge in [0.05, 0.1) is 32.0 Å². The van der Waals surface area contributed by atoms with Crippen molar-refractivity contribution in [2.45, 2.75) is 113 Å². The van der Waals surface area contributed by atoms with Crippen LogP contribution in [0, 0.1) is 17.3 Å². The van der Waals surface area contributed by atoms with Gasteiger partial charge in [0.25, 0.3) is 0 Å². The number of nitrogens with zero attached hydrogens (tertiary/aromatic N) is 2. The quantitative estimate of drug-likeness (QED) is 0.218. The molecule has 0 aromatic rings. The van der Waals surface area contributed by atoms with E-state index in [4.69, 9.17) is 14.6 Å². The van der Waals surface area contributed by atoms with Gasteiger partial charge in [-0.25, -0.2) is 0 Å². The Kier molecular flexibility index (Phi) is 32.5. The van der Waals surface area contributed by atoms with Gasteiger partial charge in [0.15, 0.2) is 0 Å². The zero-order chi connectivity index (χ0) is 27.1. The van der Waals surface area contributed by atoms with Gasteiger partial charge in [-0.1, -0.05) is 61.8 Å². The zero-order valence-electron chi connectivity index (χ0n) is 26.0. The predicted molar refractivity (Wildman–Crippen MR) is 151 cm³/mol. The smallest absolute Gasteiger partial charge is 0.663 e. The molecule has 1 aliphatic rings. The average Bonchev–Trinajstić information content (AvgIpc) is 2.87. The van der Waals surface area contributed by atoms with Crippen molar-refractivity contribution in [2.24, 2.45) is 17.3 Å². The first-order valence-corrected chi connectivity index (χ1v) is 14.6. The van der Waals surface area contributed by atoms with Gasteiger partial charge in [-0.2, -0.15) is 13.1 Å². The molecule has 0 radical (unpaired) electrons. The van der Waals surface area contributed by atoms with Crippen LogP contribution >= 0.6 is 0 Å². The van der Waals surface area contributed by atoms with Crippen LogP contribution in [0.5, 0.6) is 0 Å². The monoisotopic (exact) mass is 542 g/mol. The first-order chi connectivity index (χ1) is 16.8. The Bertz CT molecular complexity index is 433. The zero-order valence-corrected chi connectivity index (χ0v) is 29.1. The molecular weight excluding hydrogens is 479 g/mol. The standard InChI is InChI=1S/C23H47NO4.C4H10N.C2H6.K/c1-6-19(9-8-15-27-16-14-25)23(3,4)20-10-12-22(13-11-20)28-18-21(26)17-24(5)7-2;1-3-5-4-2;1-2;/h19-22,25-26H,6-18H2,1-5H3;3-4H2,1-2H3;1-2H3;/q;-1;;+1. The molecule has 0 aromatic carbocycles. The maximum atomic E-state index is 10.1. The van der Waals surface area contributed by atoms with E-state index >= 15 is 0 Å². The molecule has 1 rings (SSSR count). The van der Waals surface area contributed by atoms with Crippen molar-refractivity contribution in [3.05, 3.63) is 5.32 Å². The Balaban J connectivity index is -0.00000121. The Morgan fingerprint density at radius 2 is 1.58 bits per heavy atom. The normalized spacial score (nSPS) is 19.3. The molecule has 0 spiro atoms. The fourth-order valence-corrected chi connectivity index (χ4v) is 5.02. The molecule has 2 atom stereocenters. The van der Waals surface area contributed by atoms with Crippen molar-refractivity contribution in [1.82, 2.24) is 4.90 Å². The van der Waals surface area contributed by atoms with E-state index in [1.54, 1.807) is 0 Å². The molecule has 0 heterocycles. The first kappa shape index (κ1) is 41.9. The van der Waals surface area contributed by atoms with E-state index < -0.39 is 6.10 Å². The van der Waals surface area contributed by atoms with Crippen molar-refractivity contribution < 1.29 is 71.1 Å². The summed E-state index contributed by atoms with van der Waals surface area (Å²) in [5.74, 6) is 1.45.